The first-order chi connectivity index (χ1) is 11.9. The zero-order valence-corrected chi connectivity index (χ0v) is 15.3. The Hall–Kier alpha value is -2.59. The van der Waals surface area contributed by atoms with Crippen molar-refractivity contribution in [3.63, 3.8) is 0 Å². The highest BCUT2D eigenvalue weighted by Crippen LogP contribution is 2.44. The van der Waals surface area contributed by atoms with Crippen molar-refractivity contribution in [2.24, 2.45) is 5.73 Å². The minimum Gasteiger partial charge on any atom is -0.383 e. The number of carbonyl (C=O) groups is 2. The fourth-order valence-corrected chi connectivity index (χ4v) is 3.62. The minimum atomic E-state index is -0.508. The van der Waals surface area contributed by atoms with Crippen molar-refractivity contribution in [1.29, 1.82) is 5.26 Å². The van der Waals surface area contributed by atoms with E-state index in [9.17, 15) is 14.9 Å². The van der Waals surface area contributed by atoms with Gasteiger partial charge in [0.1, 0.15) is 5.82 Å². The van der Waals surface area contributed by atoms with Crippen molar-refractivity contribution < 1.29 is 9.59 Å². The van der Waals surface area contributed by atoms with Gasteiger partial charge in [-0.15, -0.1) is 0 Å². The lowest BCUT2D eigenvalue weighted by atomic mass is 9.76. The number of nitrogens with two attached hydrogens (primary N) is 1. The average molecular weight is 401 g/mol. The molecule has 1 unspecified atom stereocenters. The molecule has 0 saturated heterocycles. The zero-order valence-electron chi connectivity index (χ0n) is 13.7. The SMILES string of the molecule is CC(=O)NN1C(N)=C(C#N)C(c2ccc(Br)cc2)C2=C1CCCC2=O. The van der Waals surface area contributed by atoms with E-state index < -0.39 is 5.92 Å². The highest BCUT2D eigenvalue weighted by Gasteiger charge is 2.40. The monoisotopic (exact) mass is 400 g/mol. The van der Waals surface area contributed by atoms with Gasteiger partial charge >= 0.3 is 0 Å². The van der Waals surface area contributed by atoms with Gasteiger partial charge in [-0.2, -0.15) is 5.26 Å². The molecule has 7 heteroatoms. The van der Waals surface area contributed by atoms with E-state index in [0.717, 1.165) is 10.0 Å². The molecule has 0 radical (unpaired) electrons. The molecule has 3 rings (SSSR count). The van der Waals surface area contributed by atoms with Crippen molar-refractivity contribution >= 4 is 27.6 Å². The molecule has 1 heterocycles. The summed E-state index contributed by atoms with van der Waals surface area (Å²) < 4.78 is 0.909. The van der Waals surface area contributed by atoms with E-state index in [2.05, 4.69) is 27.4 Å². The highest BCUT2D eigenvalue weighted by atomic mass is 79.9. The number of nitrogens with zero attached hydrogens (tertiary/aromatic N) is 2. The standard InChI is InChI=1S/C18H17BrN4O2/c1-10(24)22-23-14-3-2-4-15(25)17(14)16(13(9-20)18(23)21)11-5-7-12(19)8-6-11/h5-8,16H,2-4,21H2,1H3,(H,22,24). The van der Waals surface area contributed by atoms with Crippen LogP contribution in [-0.4, -0.2) is 16.7 Å². The molecule has 1 atom stereocenters. The summed E-state index contributed by atoms with van der Waals surface area (Å²) in [6.45, 7) is 1.37. The smallest absolute Gasteiger partial charge is 0.235 e. The van der Waals surface area contributed by atoms with Crippen LogP contribution >= 0.6 is 15.9 Å². The van der Waals surface area contributed by atoms with Crippen LogP contribution in [0.1, 0.15) is 37.7 Å². The van der Waals surface area contributed by atoms with Crippen LogP contribution in [0.5, 0.6) is 0 Å². The van der Waals surface area contributed by atoms with Gasteiger partial charge in [0.15, 0.2) is 5.78 Å². The van der Waals surface area contributed by atoms with Gasteiger partial charge in [0.2, 0.25) is 5.91 Å². The lowest BCUT2D eigenvalue weighted by Gasteiger charge is -2.39. The van der Waals surface area contributed by atoms with Gasteiger partial charge in [-0.05, 0) is 30.5 Å². The Bertz CT molecular complexity index is 849. The summed E-state index contributed by atoms with van der Waals surface area (Å²) in [4.78, 5) is 24.3. The molecule has 128 valence electrons. The molecule has 1 aromatic carbocycles. The molecular weight excluding hydrogens is 384 g/mol. The van der Waals surface area contributed by atoms with Gasteiger partial charge < -0.3 is 5.73 Å². The average Bonchev–Trinajstić information content (AvgIpc) is 2.58. The molecule has 3 N–H and O–H groups in total. The molecule has 0 spiro atoms. The molecule has 0 bridgehead atoms. The van der Waals surface area contributed by atoms with Crippen LogP contribution in [0.15, 0.2) is 51.4 Å². The van der Waals surface area contributed by atoms with Crippen LogP contribution in [0.2, 0.25) is 0 Å². The zero-order chi connectivity index (χ0) is 18.1. The third kappa shape index (κ3) is 3.05. The van der Waals surface area contributed by atoms with Gasteiger partial charge in [-0.3, -0.25) is 15.0 Å². The Kier molecular flexibility index (Phi) is 4.64. The normalized spacial score (nSPS) is 20.3. The fraction of sp³-hybridized carbons (Fsp3) is 0.278. The number of hydrazine groups is 1. The number of allylic oxidation sites excluding steroid dienone is 3. The van der Waals surface area contributed by atoms with Gasteiger partial charge in [-0.1, -0.05) is 28.1 Å². The molecule has 6 nitrogen and oxygen atoms in total. The summed E-state index contributed by atoms with van der Waals surface area (Å²) in [5, 5.41) is 11.1. The molecule has 1 aliphatic carbocycles. The Morgan fingerprint density at radius 1 is 1.36 bits per heavy atom. The number of Topliss-reactive ketones (excluding diaryl/α,β-unsaturated/α-hetero) is 1. The number of ketones is 1. The molecule has 2 aliphatic rings. The molecule has 1 aromatic rings. The van der Waals surface area contributed by atoms with Crippen molar-refractivity contribution in [1.82, 2.24) is 10.4 Å². The Morgan fingerprint density at radius 3 is 2.64 bits per heavy atom. The molecule has 0 aromatic heterocycles. The third-order valence-corrected chi connectivity index (χ3v) is 4.91. The van der Waals surface area contributed by atoms with Gasteiger partial charge in [0.25, 0.3) is 0 Å². The van der Waals surface area contributed by atoms with Crippen LogP contribution < -0.4 is 11.2 Å². The fourth-order valence-electron chi connectivity index (χ4n) is 3.36. The number of carbonyl (C=O) groups excluding carboxylic acids is 2. The van der Waals surface area contributed by atoms with Crippen LogP contribution in [0.3, 0.4) is 0 Å². The van der Waals surface area contributed by atoms with E-state index in [1.165, 1.54) is 11.9 Å². The number of nitrogens with one attached hydrogen (secondary N) is 1. The van der Waals surface area contributed by atoms with Crippen LogP contribution in [-0.2, 0) is 9.59 Å². The van der Waals surface area contributed by atoms with E-state index in [0.29, 0.717) is 30.5 Å². The number of rotatable bonds is 2. The summed E-state index contributed by atoms with van der Waals surface area (Å²) in [6.07, 6.45) is 1.74. The van der Waals surface area contributed by atoms with E-state index in [-0.39, 0.29) is 23.1 Å². The number of nitriles is 1. The van der Waals surface area contributed by atoms with Crippen LogP contribution in [0.25, 0.3) is 0 Å². The minimum absolute atomic E-state index is 0.00947. The Balaban J connectivity index is 2.21. The van der Waals surface area contributed by atoms with E-state index in [1.54, 1.807) is 0 Å². The van der Waals surface area contributed by atoms with Crippen molar-refractivity contribution in [3.8, 4) is 6.07 Å². The lowest BCUT2D eigenvalue weighted by Crippen LogP contribution is -2.47. The van der Waals surface area contributed by atoms with Crippen molar-refractivity contribution in [2.75, 3.05) is 0 Å². The highest BCUT2D eigenvalue weighted by molar-refractivity contribution is 9.10. The Labute approximate surface area is 154 Å². The van der Waals surface area contributed by atoms with E-state index in [1.807, 2.05) is 24.3 Å². The molecule has 1 aliphatic heterocycles. The summed E-state index contributed by atoms with van der Waals surface area (Å²) in [7, 11) is 0. The van der Waals surface area contributed by atoms with E-state index >= 15 is 0 Å². The molecule has 0 fully saturated rings. The van der Waals surface area contributed by atoms with Gasteiger partial charge in [0.05, 0.1) is 17.6 Å². The van der Waals surface area contributed by atoms with Gasteiger partial charge in [-0.25, -0.2) is 5.01 Å². The largest absolute Gasteiger partial charge is 0.383 e. The first-order valence-corrected chi connectivity index (χ1v) is 8.72. The third-order valence-electron chi connectivity index (χ3n) is 4.39. The maximum atomic E-state index is 12.7. The topological polar surface area (TPSA) is 99.2 Å². The second-order valence-electron chi connectivity index (χ2n) is 6.04. The first kappa shape index (κ1) is 17.2. The summed E-state index contributed by atoms with van der Waals surface area (Å²) in [5.41, 5.74) is 11.2. The predicted octanol–water partition coefficient (Wildman–Crippen LogP) is 2.60. The number of hydrogen-bond donors (Lipinski definition) is 2. The molecular formula is C18H17BrN4O2. The Morgan fingerprint density at radius 2 is 2.04 bits per heavy atom. The number of benzene rings is 1. The predicted molar refractivity (Wildman–Crippen MR) is 95.2 cm³/mol. The summed E-state index contributed by atoms with van der Waals surface area (Å²) >= 11 is 3.39. The quantitative estimate of drug-likeness (QED) is 0.794. The lowest BCUT2D eigenvalue weighted by molar-refractivity contribution is -0.123. The van der Waals surface area contributed by atoms with E-state index in [4.69, 9.17) is 5.73 Å². The number of halogens is 1. The molecule has 0 saturated carbocycles. The number of hydrogen-bond acceptors (Lipinski definition) is 5. The first-order valence-electron chi connectivity index (χ1n) is 7.92. The summed E-state index contributed by atoms with van der Waals surface area (Å²) in [6, 6.07) is 9.63. The second kappa shape index (κ2) is 6.73. The second-order valence-corrected chi connectivity index (χ2v) is 6.95. The number of amides is 1. The molecule has 1 amide bonds. The van der Waals surface area contributed by atoms with Crippen LogP contribution in [0, 0.1) is 11.3 Å². The maximum Gasteiger partial charge on any atom is 0.235 e. The van der Waals surface area contributed by atoms with Crippen LogP contribution in [0.4, 0.5) is 0 Å². The van der Waals surface area contributed by atoms with Gasteiger partial charge in [0, 0.05) is 29.1 Å². The van der Waals surface area contributed by atoms with Crippen molar-refractivity contribution in [3.05, 3.63) is 57.0 Å². The maximum absolute atomic E-state index is 12.7. The summed E-state index contributed by atoms with van der Waals surface area (Å²) in [5.74, 6) is -0.665. The molecule has 25 heavy (non-hydrogen) atoms. The van der Waals surface area contributed by atoms with Crippen molar-refractivity contribution in [2.45, 2.75) is 32.1 Å².